The molecule has 0 aliphatic carbocycles. The molecule has 11 heteroatoms. The molecule has 8 N–H and O–H groups in total. The molecule has 2 aromatic rings. The standard InChI is InChI=1S/C10H13NO4.C8H13N5O/c1-7(15-10(12)13-2)14-9-6-4-3-5-8(9)11;1-11-4-7(14)12-6-3-2-5(9)8(10)13-6/h3-7H,11H2,1-2H3;2-3,11H,4,9H2,1H3,(H3,10,12,13,14). The summed E-state index contributed by atoms with van der Waals surface area (Å²) in [6.45, 7) is 1.80. The number of carbonyl (C=O) groups is 2. The third kappa shape index (κ3) is 8.67. The molecular weight excluding hydrogens is 380 g/mol. The van der Waals surface area contributed by atoms with E-state index in [0.717, 1.165) is 0 Å². The topological polar surface area (TPSA) is 177 Å². The van der Waals surface area contributed by atoms with Crippen molar-refractivity contribution in [2.24, 2.45) is 0 Å². The van der Waals surface area contributed by atoms with Crippen molar-refractivity contribution in [3.8, 4) is 5.75 Å². The molecule has 1 unspecified atom stereocenters. The zero-order chi connectivity index (χ0) is 21.8. The number of nitrogens with zero attached hydrogens (tertiary/aromatic N) is 1. The number of likely N-dealkylation sites (N-methyl/N-ethyl adjacent to an activating group) is 1. The van der Waals surface area contributed by atoms with E-state index < -0.39 is 12.4 Å². The van der Waals surface area contributed by atoms with Crippen LogP contribution in [0.3, 0.4) is 0 Å². The lowest BCUT2D eigenvalue weighted by Crippen LogP contribution is -2.25. The number of pyridine rings is 1. The van der Waals surface area contributed by atoms with E-state index in [0.29, 0.717) is 22.9 Å². The van der Waals surface area contributed by atoms with Crippen LogP contribution in [-0.2, 0) is 14.3 Å². The third-order valence-corrected chi connectivity index (χ3v) is 3.20. The van der Waals surface area contributed by atoms with E-state index in [4.69, 9.17) is 26.7 Å². The summed E-state index contributed by atoms with van der Waals surface area (Å²) in [6, 6.07) is 10.1. The lowest BCUT2D eigenvalue weighted by Gasteiger charge is -2.15. The number of nitrogens with one attached hydrogen (secondary N) is 2. The summed E-state index contributed by atoms with van der Waals surface area (Å²) in [4.78, 5) is 25.8. The minimum absolute atomic E-state index is 0.177. The first-order chi connectivity index (χ1) is 13.8. The van der Waals surface area contributed by atoms with Crippen molar-refractivity contribution >= 4 is 35.1 Å². The number of para-hydroxylation sites is 2. The van der Waals surface area contributed by atoms with Crippen LogP contribution < -0.4 is 32.6 Å². The van der Waals surface area contributed by atoms with E-state index in [2.05, 4.69) is 20.4 Å². The van der Waals surface area contributed by atoms with E-state index in [1.54, 1.807) is 50.4 Å². The molecule has 0 fully saturated rings. The predicted octanol–water partition coefficient (Wildman–Crippen LogP) is 1.18. The summed E-state index contributed by atoms with van der Waals surface area (Å²) in [5, 5.41) is 5.28. The van der Waals surface area contributed by atoms with E-state index in [-0.39, 0.29) is 18.3 Å². The number of nitrogen functional groups attached to an aromatic ring is 3. The van der Waals surface area contributed by atoms with Crippen LogP contribution >= 0.6 is 0 Å². The molecule has 0 spiro atoms. The van der Waals surface area contributed by atoms with Gasteiger partial charge in [-0.1, -0.05) is 12.1 Å². The smallest absolute Gasteiger partial charge is 0.453 e. The number of benzene rings is 1. The highest BCUT2D eigenvalue weighted by Crippen LogP contribution is 2.21. The van der Waals surface area contributed by atoms with Crippen molar-refractivity contribution in [3.05, 3.63) is 36.4 Å². The van der Waals surface area contributed by atoms with Gasteiger partial charge in [-0.2, -0.15) is 0 Å². The number of hydrogen-bond acceptors (Lipinski definition) is 10. The van der Waals surface area contributed by atoms with Gasteiger partial charge in [0.1, 0.15) is 17.4 Å². The quantitative estimate of drug-likeness (QED) is 0.266. The Balaban J connectivity index is 0.000000291. The first-order valence-electron chi connectivity index (χ1n) is 8.49. The van der Waals surface area contributed by atoms with Gasteiger partial charge in [0.2, 0.25) is 12.2 Å². The molecule has 0 radical (unpaired) electrons. The van der Waals surface area contributed by atoms with Crippen molar-refractivity contribution in [1.29, 1.82) is 0 Å². The maximum atomic E-state index is 11.1. The summed E-state index contributed by atoms with van der Waals surface area (Å²) >= 11 is 0. The number of aromatic nitrogens is 1. The zero-order valence-corrected chi connectivity index (χ0v) is 16.5. The van der Waals surface area contributed by atoms with Gasteiger partial charge in [-0.05, 0) is 31.3 Å². The van der Waals surface area contributed by atoms with Crippen molar-refractivity contribution in [3.63, 3.8) is 0 Å². The fraction of sp³-hybridized carbons (Fsp3) is 0.278. The van der Waals surface area contributed by atoms with Crippen LogP contribution in [0, 0.1) is 0 Å². The summed E-state index contributed by atoms with van der Waals surface area (Å²) in [7, 11) is 2.91. The molecule has 0 saturated carbocycles. The van der Waals surface area contributed by atoms with Gasteiger partial charge in [-0.15, -0.1) is 0 Å². The van der Waals surface area contributed by atoms with Crippen LogP contribution in [0.4, 0.5) is 27.8 Å². The Morgan fingerprint density at radius 2 is 1.79 bits per heavy atom. The summed E-state index contributed by atoms with van der Waals surface area (Å²) < 4.78 is 14.3. The van der Waals surface area contributed by atoms with Crippen molar-refractivity contribution in [2.45, 2.75) is 13.2 Å². The van der Waals surface area contributed by atoms with Gasteiger partial charge in [-0.3, -0.25) is 4.79 Å². The number of amides is 1. The van der Waals surface area contributed by atoms with E-state index in [1.165, 1.54) is 7.11 Å². The summed E-state index contributed by atoms with van der Waals surface area (Å²) in [5.41, 5.74) is 17.5. The van der Waals surface area contributed by atoms with Gasteiger partial charge in [0.25, 0.3) is 0 Å². The zero-order valence-electron chi connectivity index (χ0n) is 16.5. The van der Waals surface area contributed by atoms with Crippen molar-refractivity contribution in [2.75, 3.05) is 43.2 Å². The van der Waals surface area contributed by atoms with Crippen LogP contribution in [-0.4, -0.2) is 44.0 Å². The maximum absolute atomic E-state index is 11.1. The van der Waals surface area contributed by atoms with Gasteiger partial charge in [0, 0.05) is 6.92 Å². The Labute approximate surface area is 168 Å². The number of carbonyl (C=O) groups excluding carboxylic acids is 2. The second-order valence-electron chi connectivity index (χ2n) is 5.54. The Hall–Kier alpha value is -3.73. The van der Waals surface area contributed by atoms with Gasteiger partial charge in [0.15, 0.2) is 0 Å². The highest BCUT2D eigenvalue weighted by atomic mass is 16.8. The van der Waals surface area contributed by atoms with E-state index >= 15 is 0 Å². The summed E-state index contributed by atoms with van der Waals surface area (Å²) in [5.74, 6) is 0.905. The lowest BCUT2D eigenvalue weighted by atomic mass is 10.3. The Kier molecular flexibility index (Phi) is 9.54. The molecule has 1 heterocycles. The van der Waals surface area contributed by atoms with Crippen LogP contribution in [0.15, 0.2) is 36.4 Å². The molecule has 158 valence electrons. The average Bonchev–Trinajstić information content (AvgIpc) is 2.67. The second-order valence-corrected chi connectivity index (χ2v) is 5.54. The van der Waals surface area contributed by atoms with Crippen LogP contribution in [0.25, 0.3) is 0 Å². The number of nitrogens with two attached hydrogens (primary N) is 3. The minimum atomic E-state index is -0.794. The molecule has 1 atom stereocenters. The molecular formula is C18H26N6O5. The third-order valence-electron chi connectivity index (χ3n) is 3.20. The number of rotatable bonds is 6. The van der Waals surface area contributed by atoms with Crippen molar-refractivity contribution < 1.29 is 23.8 Å². The van der Waals surface area contributed by atoms with Gasteiger partial charge >= 0.3 is 6.16 Å². The fourth-order valence-corrected chi connectivity index (χ4v) is 1.88. The Morgan fingerprint density at radius 3 is 2.38 bits per heavy atom. The molecule has 0 bridgehead atoms. The SMILES string of the molecule is CNCC(=O)Nc1ccc(N)c(N)n1.COC(=O)OC(C)Oc1ccccc1N. The van der Waals surface area contributed by atoms with Gasteiger partial charge < -0.3 is 42.0 Å². The first-order valence-corrected chi connectivity index (χ1v) is 8.49. The first kappa shape index (κ1) is 23.3. The lowest BCUT2D eigenvalue weighted by molar-refractivity contribution is -0.115. The Bertz CT molecular complexity index is 817. The Morgan fingerprint density at radius 1 is 1.10 bits per heavy atom. The summed E-state index contributed by atoms with van der Waals surface area (Å²) in [6.07, 6.45) is -1.54. The average molecular weight is 406 g/mol. The van der Waals surface area contributed by atoms with Crippen molar-refractivity contribution in [1.82, 2.24) is 10.3 Å². The van der Waals surface area contributed by atoms with E-state index in [9.17, 15) is 9.59 Å². The van der Waals surface area contributed by atoms with E-state index in [1.807, 2.05) is 0 Å². The molecule has 1 aromatic heterocycles. The minimum Gasteiger partial charge on any atom is -0.453 e. The number of hydrogen-bond donors (Lipinski definition) is 5. The van der Waals surface area contributed by atoms with Crippen LogP contribution in [0.5, 0.6) is 5.75 Å². The largest absolute Gasteiger partial charge is 0.511 e. The predicted molar refractivity (Wildman–Crippen MR) is 110 cm³/mol. The molecule has 0 aliphatic rings. The molecule has 29 heavy (non-hydrogen) atoms. The highest BCUT2D eigenvalue weighted by Gasteiger charge is 2.11. The number of methoxy groups -OCH3 is 1. The fourth-order valence-electron chi connectivity index (χ4n) is 1.88. The number of ether oxygens (including phenoxy) is 3. The maximum Gasteiger partial charge on any atom is 0.511 e. The second kappa shape index (κ2) is 11.9. The molecule has 1 aromatic carbocycles. The molecule has 1 amide bonds. The molecule has 11 nitrogen and oxygen atoms in total. The molecule has 0 aliphatic heterocycles. The van der Waals surface area contributed by atoms with Crippen LogP contribution in [0.1, 0.15) is 6.92 Å². The molecule has 0 saturated heterocycles. The highest BCUT2D eigenvalue weighted by molar-refractivity contribution is 5.91. The van der Waals surface area contributed by atoms with Gasteiger partial charge in [0.05, 0.1) is 25.0 Å². The number of anilines is 4. The van der Waals surface area contributed by atoms with Gasteiger partial charge in [-0.25, -0.2) is 9.78 Å². The van der Waals surface area contributed by atoms with Crippen LogP contribution in [0.2, 0.25) is 0 Å². The monoisotopic (exact) mass is 406 g/mol. The normalized spacial score (nSPS) is 10.7. The molecule has 2 rings (SSSR count).